The Labute approximate surface area is 79.6 Å². The summed E-state index contributed by atoms with van der Waals surface area (Å²) in [6.45, 7) is 2.79. The number of carbonyl (C=O) groups excluding carboxylic acids is 1. The summed E-state index contributed by atoms with van der Waals surface area (Å²) in [6.07, 6.45) is 0.266. The molecule has 0 radical (unpaired) electrons. The van der Waals surface area contributed by atoms with Crippen LogP contribution < -0.4 is 5.63 Å². The lowest BCUT2D eigenvalue weighted by atomic mass is 10.1. The van der Waals surface area contributed by atoms with Crippen LogP contribution in [-0.4, -0.2) is 16.0 Å². The van der Waals surface area contributed by atoms with Gasteiger partial charge in [-0.05, 0) is 13.3 Å². The van der Waals surface area contributed by atoms with Crippen LogP contribution in [0.4, 0.5) is 0 Å². The Hall–Kier alpha value is -1.78. The van der Waals surface area contributed by atoms with Crippen LogP contribution in [0, 0.1) is 0 Å². The van der Waals surface area contributed by atoms with E-state index in [1.807, 2.05) is 0 Å². The van der Waals surface area contributed by atoms with Crippen molar-refractivity contribution in [1.29, 1.82) is 0 Å². The number of rotatable bonds is 2. The number of ketones is 1. The van der Waals surface area contributed by atoms with Gasteiger partial charge in [-0.3, -0.25) is 4.79 Å². The molecule has 1 rings (SSSR count). The van der Waals surface area contributed by atoms with Crippen LogP contribution in [-0.2, 0) is 6.42 Å². The Balaban J connectivity index is 3.60. The summed E-state index contributed by atoms with van der Waals surface area (Å²) in [7, 11) is 0. The van der Waals surface area contributed by atoms with E-state index in [2.05, 4.69) is 4.42 Å². The van der Waals surface area contributed by atoms with Crippen molar-refractivity contribution in [2.75, 3.05) is 0 Å². The van der Waals surface area contributed by atoms with Crippen molar-refractivity contribution in [3.05, 3.63) is 21.5 Å². The lowest BCUT2D eigenvalue weighted by Crippen LogP contribution is -2.12. The summed E-state index contributed by atoms with van der Waals surface area (Å²) in [6, 6.07) is 0. The zero-order valence-corrected chi connectivity index (χ0v) is 7.83. The number of hydrogen-bond donors (Lipinski definition) is 2. The van der Waals surface area contributed by atoms with E-state index in [9.17, 15) is 14.7 Å². The number of carbonyl (C=O) groups is 1. The number of aromatic hydroxyl groups is 2. The molecule has 1 heterocycles. The average molecular weight is 198 g/mol. The highest BCUT2D eigenvalue weighted by atomic mass is 16.5. The molecule has 0 amide bonds. The normalized spacial score (nSPS) is 10.1. The van der Waals surface area contributed by atoms with Crippen molar-refractivity contribution >= 4 is 5.78 Å². The maximum absolute atomic E-state index is 11.1. The van der Waals surface area contributed by atoms with Crippen LogP contribution >= 0.6 is 0 Å². The Bertz CT molecular complexity index is 430. The molecule has 2 N–H and O–H groups in total. The van der Waals surface area contributed by atoms with Crippen molar-refractivity contribution < 1.29 is 19.4 Å². The molecule has 14 heavy (non-hydrogen) atoms. The average Bonchev–Trinajstić information content (AvgIpc) is 2.02. The van der Waals surface area contributed by atoms with Gasteiger partial charge < -0.3 is 14.6 Å². The molecular formula is C9H10O5. The molecule has 0 atom stereocenters. The van der Waals surface area contributed by atoms with Crippen LogP contribution in [0.1, 0.15) is 29.8 Å². The highest BCUT2D eigenvalue weighted by molar-refractivity contribution is 5.96. The fourth-order valence-corrected chi connectivity index (χ4v) is 1.18. The summed E-state index contributed by atoms with van der Waals surface area (Å²) in [5.74, 6) is -1.72. The SMILES string of the molecule is CCc1c(O)oc(=O)c(C(C)=O)c1O. The fourth-order valence-electron chi connectivity index (χ4n) is 1.18. The van der Waals surface area contributed by atoms with Gasteiger partial charge in [0.15, 0.2) is 5.78 Å². The van der Waals surface area contributed by atoms with E-state index < -0.39 is 28.7 Å². The molecule has 0 bridgehead atoms. The second-order valence-corrected chi connectivity index (χ2v) is 2.81. The molecular weight excluding hydrogens is 188 g/mol. The lowest BCUT2D eigenvalue weighted by Gasteiger charge is -2.05. The molecule has 0 aromatic carbocycles. The summed E-state index contributed by atoms with van der Waals surface area (Å²) >= 11 is 0. The minimum absolute atomic E-state index is 0.0646. The Morgan fingerprint density at radius 1 is 1.43 bits per heavy atom. The van der Waals surface area contributed by atoms with E-state index in [0.717, 1.165) is 6.92 Å². The first kappa shape index (κ1) is 10.3. The molecule has 0 spiro atoms. The second-order valence-electron chi connectivity index (χ2n) is 2.81. The molecule has 0 fully saturated rings. The van der Waals surface area contributed by atoms with E-state index in [-0.39, 0.29) is 12.0 Å². The highest BCUT2D eigenvalue weighted by Crippen LogP contribution is 2.28. The van der Waals surface area contributed by atoms with Crippen LogP contribution in [0.2, 0.25) is 0 Å². The predicted octanol–water partition coefficient (Wildman–Crippen LogP) is 0.816. The molecule has 5 heteroatoms. The maximum atomic E-state index is 11.1. The fraction of sp³-hybridized carbons (Fsp3) is 0.333. The third-order valence-corrected chi connectivity index (χ3v) is 1.88. The van der Waals surface area contributed by atoms with Gasteiger partial charge in [-0.2, -0.15) is 0 Å². The Morgan fingerprint density at radius 3 is 2.43 bits per heavy atom. The molecule has 76 valence electrons. The van der Waals surface area contributed by atoms with Crippen LogP contribution in [0.15, 0.2) is 9.21 Å². The van der Waals surface area contributed by atoms with Gasteiger partial charge in [0.1, 0.15) is 11.3 Å². The van der Waals surface area contributed by atoms with E-state index in [4.69, 9.17) is 5.11 Å². The van der Waals surface area contributed by atoms with Gasteiger partial charge in [0.2, 0.25) is 0 Å². The van der Waals surface area contributed by atoms with Gasteiger partial charge in [-0.25, -0.2) is 4.79 Å². The minimum Gasteiger partial charge on any atom is -0.506 e. The standard InChI is InChI=1S/C9H10O5/c1-3-5-7(11)6(4(2)10)9(13)14-8(5)12/h11-12H,3H2,1-2H3. The first-order chi connectivity index (χ1) is 6.49. The Morgan fingerprint density at radius 2 is 2.00 bits per heavy atom. The molecule has 0 aliphatic rings. The maximum Gasteiger partial charge on any atom is 0.353 e. The molecule has 0 saturated heterocycles. The van der Waals surface area contributed by atoms with Gasteiger partial charge >= 0.3 is 5.63 Å². The molecule has 0 saturated carbocycles. The van der Waals surface area contributed by atoms with Gasteiger partial charge in [0.05, 0.1) is 5.56 Å². The summed E-state index contributed by atoms with van der Waals surface area (Å²) in [5.41, 5.74) is -1.38. The van der Waals surface area contributed by atoms with Crippen molar-refractivity contribution in [2.45, 2.75) is 20.3 Å². The smallest absolute Gasteiger partial charge is 0.353 e. The Kier molecular flexibility index (Phi) is 2.60. The predicted molar refractivity (Wildman–Crippen MR) is 47.7 cm³/mol. The lowest BCUT2D eigenvalue weighted by molar-refractivity contribution is 0.100. The molecule has 0 unspecified atom stereocenters. The topological polar surface area (TPSA) is 87.7 Å². The van der Waals surface area contributed by atoms with Gasteiger partial charge in [0, 0.05) is 0 Å². The number of Topliss-reactive ketones (excluding diaryl/α,β-unsaturated/α-hetero) is 1. The molecule has 1 aromatic rings. The quantitative estimate of drug-likeness (QED) is 0.686. The molecule has 5 nitrogen and oxygen atoms in total. The van der Waals surface area contributed by atoms with Crippen LogP contribution in [0.25, 0.3) is 0 Å². The zero-order chi connectivity index (χ0) is 10.9. The largest absolute Gasteiger partial charge is 0.506 e. The monoisotopic (exact) mass is 198 g/mol. The molecule has 0 aliphatic heterocycles. The van der Waals surface area contributed by atoms with Crippen molar-refractivity contribution in [3.8, 4) is 11.7 Å². The first-order valence-corrected chi connectivity index (χ1v) is 4.07. The third kappa shape index (κ3) is 1.48. The minimum atomic E-state index is -1.02. The molecule has 1 aromatic heterocycles. The van der Waals surface area contributed by atoms with Crippen molar-refractivity contribution in [2.24, 2.45) is 0 Å². The summed E-state index contributed by atoms with van der Waals surface area (Å²) in [4.78, 5) is 22.0. The van der Waals surface area contributed by atoms with Crippen molar-refractivity contribution in [1.82, 2.24) is 0 Å². The third-order valence-electron chi connectivity index (χ3n) is 1.88. The number of hydrogen-bond acceptors (Lipinski definition) is 5. The van der Waals surface area contributed by atoms with Gasteiger partial charge in [-0.15, -0.1) is 0 Å². The van der Waals surface area contributed by atoms with E-state index in [0.29, 0.717) is 0 Å². The van der Waals surface area contributed by atoms with E-state index in [1.165, 1.54) is 0 Å². The van der Waals surface area contributed by atoms with E-state index in [1.54, 1.807) is 6.92 Å². The highest BCUT2D eigenvalue weighted by Gasteiger charge is 2.20. The van der Waals surface area contributed by atoms with Gasteiger partial charge in [-0.1, -0.05) is 6.92 Å². The summed E-state index contributed by atoms with van der Waals surface area (Å²) in [5, 5.41) is 18.6. The zero-order valence-electron chi connectivity index (χ0n) is 7.83. The van der Waals surface area contributed by atoms with E-state index >= 15 is 0 Å². The second kappa shape index (κ2) is 3.53. The van der Waals surface area contributed by atoms with Crippen molar-refractivity contribution in [3.63, 3.8) is 0 Å². The summed E-state index contributed by atoms with van der Waals surface area (Å²) < 4.78 is 4.39. The molecule has 0 aliphatic carbocycles. The van der Waals surface area contributed by atoms with Crippen LogP contribution in [0.5, 0.6) is 11.7 Å². The van der Waals surface area contributed by atoms with Crippen LogP contribution in [0.3, 0.4) is 0 Å². The first-order valence-electron chi connectivity index (χ1n) is 4.07. The van der Waals surface area contributed by atoms with Gasteiger partial charge in [0.25, 0.3) is 5.95 Å².